The van der Waals surface area contributed by atoms with Crippen molar-refractivity contribution in [2.45, 2.75) is 39.1 Å². The van der Waals surface area contributed by atoms with E-state index in [9.17, 15) is 4.79 Å². The van der Waals surface area contributed by atoms with Crippen LogP contribution in [0.2, 0.25) is 5.02 Å². The summed E-state index contributed by atoms with van der Waals surface area (Å²) in [4.78, 5) is 12.3. The highest BCUT2D eigenvalue weighted by atomic mass is 35.5. The Labute approximate surface area is 179 Å². The summed E-state index contributed by atoms with van der Waals surface area (Å²) in [6.45, 7) is 7.06. The van der Waals surface area contributed by atoms with Gasteiger partial charge in [0.05, 0.1) is 16.5 Å². The topological polar surface area (TPSA) is 69.0 Å². The van der Waals surface area contributed by atoms with Gasteiger partial charge in [-0.3, -0.25) is 4.79 Å². The second-order valence-electron chi connectivity index (χ2n) is 6.47. The average Bonchev–Trinajstić information content (AvgIpc) is 3.09. The maximum atomic E-state index is 12.3. The SMILES string of the molecule is CCn1c(COc2c(C)cccc2C)nnc1SCC(=O)Nc1ccccc1Cl. The molecule has 0 aliphatic carbocycles. The smallest absolute Gasteiger partial charge is 0.234 e. The van der Waals surface area contributed by atoms with Gasteiger partial charge < -0.3 is 14.6 Å². The molecule has 2 aromatic carbocycles. The Balaban J connectivity index is 1.62. The standard InChI is InChI=1S/C21H23ClN4O2S/c1-4-26-18(12-28-20-14(2)8-7-9-15(20)3)24-25-21(26)29-13-19(27)23-17-11-6-5-10-16(17)22/h5-11H,4,12-13H2,1-3H3,(H,23,27). The lowest BCUT2D eigenvalue weighted by Gasteiger charge is -2.12. The molecular formula is C21H23ClN4O2S. The van der Waals surface area contributed by atoms with E-state index in [1.807, 2.05) is 55.7 Å². The predicted octanol–water partition coefficient (Wildman–Crippen LogP) is 4.88. The van der Waals surface area contributed by atoms with Gasteiger partial charge in [-0.1, -0.05) is 53.7 Å². The maximum Gasteiger partial charge on any atom is 0.234 e. The predicted molar refractivity (Wildman–Crippen MR) is 117 cm³/mol. The molecule has 152 valence electrons. The molecule has 1 heterocycles. The maximum absolute atomic E-state index is 12.3. The number of anilines is 1. The number of carbonyl (C=O) groups is 1. The molecule has 1 N–H and O–H groups in total. The van der Waals surface area contributed by atoms with Crippen LogP contribution in [-0.2, 0) is 17.9 Å². The molecule has 3 rings (SSSR count). The Hall–Kier alpha value is -2.51. The van der Waals surface area contributed by atoms with E-state index < -0.39 is 0 Å². The summed E-state index contributed by atoms with van der Waals surface area (Å²) in [7, 11) is 0. The normalized spacial score (nSPS) is 10.8. The third kappa shape index (κ3) is 5.31. The first-order chi connectivity index (χ1) is 14.0. The molecule has 1 amide bonds. The molecule has 1 aromatic heterocycles. The van der Waals surface area contributed by atoms with E-state index in [4.69, 9.17) is 16.3 Å². The summed E-state index contributed by atoms with van der Waals surface area (Å²) in [5.41, 5.74) is 2.76. The van der Waals surface area contributed by atoms with Crippen LogP contribution in [0.3, 0.4) is 0 Å². The number of ether oxygens (including phenoxy) is 1. The molecule has 0 fully saturated rings. The number of halogens is 1. The third-order valence-electron chi connectivity index (χ3n) is 4.34. The first-order valence-corrected chi connectivity index (χ1v) is 10.6. The molecule has 6 nitrogen and oxygen atoms in total. The van der Waals surface area contributed by atoms with Crippen LogP contribution in [0.1, 0.15) is 23.9 Å². The van der Waals surface area contributed by atoms with Crippen LogP contribution in [0.15, 0.2) is 47.6 Å². The fraction of sp³-hybridized carbons (Fsp3) is 0.286. The lowest BCUT2D eigenvalue weighted by Crippen LogP contribution is -2.15. The third-order valence-corrected chi connectivity index (χ3v) is 5.64. The Morgan fingerprint density at radius 2 is 1.86 bits per heavy atom. The van der Waals surface area contributed by atoms with Gasteiger partial charge in [0.25, 0.3) is 0 Å². The van der Waals surface area contributed by atoms with Crippen molar-refractivity contribution in [1.29, 1.82) is 0 Å². The first kappa shape index (κ1) is 21.2. The molecule has 29 heavy (non-hydrogen) atoms. The number of carbonyl (C=O) groups excluding carboxylic acids is 1. The van der Waals surface area contributed by atoms with Crippen molar-refractivity contribution in [2.75, 3.05) is 11.1 Å². The largest absolute Gasteiger partial charge is 0.485 e. The Bertz CT molecular complexity index is 986. The lowest BCUT2D eigenvalue weighted by molar-refractivity contribution is -0.113. The second-order valence-corrected chi connectivity index (χ2v) is 7.82. The zero-order valence-corrected chi connectivity index (χ0v) is 18.2. The number of aryl methyl sites for hydroxylation is 2. The molecule has 3 aromatic rings. The van der Waals surface area contributed by atoms with Crippen LogP contribution >= 0.6 is 23.4 Å². The monoisotopic (exact) mass is 430 g/mol. The van der Waals surface area contributed by atoms with Crippen molar-refractivity contribution >= 4 is 35.0 Å². The number of benzene rings is 2. The molecule has 0 spiro atoms. The van der Waals surface area contributed by atoms with Gasteiger partial charge >= 0.3 is 0 Å². The van der Waals surface area contributed by atoms with Gasteiger partial charge in [-0.25, -0.2) is 0 Å². The summed E-state index contributed by atoms with van der Waals surface area (Å²) in [6, 6.07) is 13.2. The number of hydrogen-bond acceptors (Lipinski definition) is 5. The molecular weight excluding hydrogens is 408 g/mol. The first-order valence-electron chi connectivity index (χ1n) is 9.27. The number of thioether (sulfide) groups is 1. The number of rotatable bonds is 8. The fourth-order valence-corrected chi connectivity index (χ4v) is 3.90. The van der Waals surface area contributed by atoms with E-state index in [1.165, 1.54) is 11.8 Å². The van der Waals surface area contributed by atoms with E-state index >= 15 is 0 Å². The van der Waals surface area contributed by atoms with Gasteiger partial charge in [0.15, 0.2) is 11.0 Å². The van der Waals surface area contributed by atoms with Gasteiger partial charge in [-0.2, -0.15) is 0 Å². The quantitative estimate of drug-likeness (QED) is 0.516. The van der Waals surface area contributed by atoms with E-state index in [-0.39, 0.29) is 11.7 Å². The van der Waals surface area contributed by atoms with Crippen molar-refractivity contribution in [3.8, 4) is 5.75 Å². The van der Waals surface area contributed by atoms with E-state index in [1.54, 1.807) is 12.1 Å². The molecule has 0 atom stereocenters. The van der Waals surface area contributed by atoms with Gasteiger partial charge in [0.1, 0.15) is 12.4 Å². The molecule has 0 unspecified atom stereocenters. The summed E-state index contributed by atoms with van der Waals surface area (Å²) < 4.78 is 7.96. The van der Waals surface area contributed by atoms with Crippen LogP contribution in [0.4, 0.5) is 5.69 Å². The second kappa shape index (κ2) is 9.80. The van der Waals surface area contributed by atoms with Crippen molar-refractivity contribution in [3.63, 3.8) is 0 Å². The van der Waals surface area contributed by atoms with E-state index in [0.29, 0.717) is 29.0 Å². The van der Waals surface area contributed by atoms with Gasteiger partial charge in [-0.05, 0) is 44.0 Å². The van der Waals surface area contributed by atoms with E-state index in [0.717, 1.165) is 22.7 Å². The molecule has 0 aliphatic rings. The number of amides is 1. The van der Waals surface area contributed by atoms with Crippen LogP contribution in [0, 0.1) is 13.8 Å². The fourth-order valence-electron chi connectivity index (χ4n) is 2.89. The van der Waals surface area contributed by atoms with Gasteiger partial charge in [0.2, 0.25) is 5.91 Å². The highest BCUT2D eigenvalue weighted by Crippen LogP contribution is 2.25. The number of hydrogen-bond donors (Lipinski definition) is 1. The van der Waals surface area contributed by atoms with Crippen LogP contribution < -0.4 is 10.1 Å². The highest BCUT2D eigenvalue weighted by Gasteiger charge is 2.15. The van der Waals surface area contributed by atoms with Crippen LogP contribution in [0.5, 0.6) is 5.75 Å². The number of nitrogens with one attached hydrogen (secondary N) is 1. The molecule has 0 radical (unpaired) electrons. The lowest BCUT2D eigenvalue weighted by atomic mass is 10.1. The molecule has 0 bridgehead atoms. The zero-order chi connectivity index (χ0) is 20.8. The minimum absolute atomic E-state index is 0.151. The molecule has 0 saturated heterocycles. The minimum Gasteiger partial charge on any atom is -0.485 e. The summed E-state index contributed by atoms with van der Waals surface area (Å²) in [6.07, 6.45) is 0. The summed E-state index contributed by atoms with van der Waals surface area (Å²) in [5, 5.41) is 12.5. The van der Waals surface area contributed by atoms with Crippen LogP contribution in [0.25, 0.3) is 0 Å². The Morgan fingerprint density at radius 3 is 2.55 bits per heavy atom. The number of aromatic nitrogens is 3. The Kier molecular flexibility index (Phi) is 7.17. The molecule has 0 saturated carbocycles. The van der Waals surface area contributed by atoms with Gasteiger partial charge in [0, 0.05) is 6.54 Å². The van der Waals surface area contributed by atoms with E-state index in [2.05, 4.69) is 15.5 Å². The minimum atomic E-state index is -0.151. The summed E-state index contributed by atoms with van der Waals surface area (Å²) in [5.74, 6) is 1.65. The van der Waals surface area contributed by atoms with Gasteiger partial charge in [-0.15, -0.1) is 10.2 Å². The Morgan fingerprint density at radius 1 is 1.14 bits per heavy atom. The average molecular weight is 431 g/mol. The summed E-state index contributed by atoms with van der Waals surface area (Å²) >= 11 is 7.41. The van der Waals surface area contributed by atoms with Crippen molar-refractivity contribution in [3.05, 3.63) is 64.4 Å². The number of nitrogens with zero attached hydrogens (tertiary/aromatic N) is 3. The van der Waals surface area contributed by atoms with Crippen molar-refractivity contribution in [2.24, 2.45) is 0 Å². The van der Waals surface area contributed by atoms with Crippen LogP contribution in [-0.4, -0.2) is 26.4 Å². The number of para-hydroxylation sites is 2. The molecule has 8 heteroatoms. The van der Waals surface area contributed by atoms with Crippen molar-refractivity contribution < 1.29 is 9.53 Å². The van der Waals surface area contributed by atoms with Crippen molar-refractivity contribution in [1.82, 2.24) is 14.8 Å². The zero-order valence-electron chi connectivity index (χ0n) is 16.6. The molecule has 0 aliphatic heterocycles. The highest BCUT2D eigenvalue weighted by molar-refractivity contribution is 7.99.